The molecule has 0 aliphatic heterocycles. The third kappa shape index (κ3) is 4.25. The molecule has 118 valence electrons. The molecule has 1 unspecified atom stereocenters. The van der Waals surface area contributed by atoms with Gasteiger partial charge in [0.25, 0.3) is 0 Å². The number of esters is 1. The van der Waals surface area contributed by atoms with E-state index in [1.54, 1.807) is 13.8 Å². The largest absolute Gasteiger partial charge is 0.461 e. The van der Waals surface area contributed by atoms with Crippen LogP contribution in [0, 0.1) is 0 Å². The molecule has 1 atom stereocenters. The number of hydrogen-bond acceptors (Lipinski definition) is 6. The molecular weight excluding hydrogens is 274 g/mol. The number of aromatic nitrogens is 3. The van der Waals surface area contributed by atoms with Crippen molar-refractivity contribution in [3.8, 4) is 0 Å². The molecule has 0 saturated heterocycles. The van der Waals surface area contributed by atoms with E-state index in [-0.39, 0.29) is 24.8 Å². The molecule has 0 radical (unpaired) electrons. The van der Waals surface area contributed by atoms with Gasteiger partial charge in [0.1, 0.15) is 6.04 Å². The Morgan fingerprint density at radius 1 is 1.43 bits per heavy atom. The highest BCUT2D eigenvalue weighted by Crippen LogP contribution is 2.13. The van der Waals surface area contributed by atoms with Crippen molar-refractivity contribution in [2.24, 2.45) is 5.73 Å². The van der Waals surface area contributed by atoms with E-state index in [9.17, 15) is 9.59 Å². The van der Waals surface area contributed by atoms with E-state index in [0.29, 0.717) is 12.2 Å². The van der Waals surface area contributed by atoms with Crippen LogP contribution in [0.5, 0.6) is 0 Å². The fraction of sp³-hybridized carbons (Fsp3) is 0.692. The van der Waals surface area contributed by atoms with E-state index in [2.05, 4.69) is 15.6 Å². The second kappa shape index (κ2) is 8.35. The molecule has 0 aliphatic carbocycles. The molecule has 8 heteroatoms. The Morgan fingerprint density at radius 3 is 2.71 bits per heavy atom. The van der Waals surface area contributed by atoms with Gasteiger partial charge in [-0.15, -0.1) is 5.10 Å². The smallest absolute Gasteiger partial charge is 0.360 e. The van der Waals surface area contributed by atoms with Gasteiger partial charge in [0.15, 0.2) is 5.69 Å². The van der Waals surface area contributed by atoms with Gasteiger partial charge in [-0.3, -0.25) is 4.79 Å². The second-order valence-corrected chi connectivity index (χ2v) is 4.57. The molecule has 1 heterocycles. The fourth-order valence-electron chi connectivity index (χ4n) is 1.82. The van der Waals surface area contributed by atoms with Crippen LogP contribution in [0.1, 0.15) is 55.8 Å². The Kier molecular flexibility index (Phi) is 6.80. The minimum absolute atomic E-state index is 0.0493. The predicted molar refractivity (Wildman–Crippen MR) is 76.5 cm³/mol. The maximum atomic E-state index is 12.0. The third-order valence-corrected chi connectivity index (χ3v) is 3.03. The fourth-order valence-corrected chi connectivity index (χ4v) is 1.82. The van der Waals surface area contributed by atoms with Crippen molar-refractivity contribution in [1.29, 1.82) is 0 Å². The van der Waals surface area contributed by atoms with Crippen molar-refractivity contribution < 1.29 is 14.3 Å². The van der Waals surface area contributed by atoms with Crippen LogP contribution >= 0.6 is 0 Å². The zero-order valence-electron chi connectivity index (χ0n) is 12.8. The zero-order chi connectivity index (χ0) is 15.8. The van der Waals surface area contributed by atoms with E-state index in [0.717, 1.165) is 12.8 Å². The minimum atomic E-state index is -0.587. The van der Waals surface area contributed by atoms with Crippen molar-refractivity contribution in [3.05, 3.63) is 11.4 Å². The molecule has 0 aromatic carbocycles. The highest BCUT2D eigenvalue weighted by atomic mass is 16.5. The van der Waals surface area contributed by atoms with Crippen LogP contribution in [0.15, 0.2) is 0 Å². The molecule has 1 amide bonds. The summed E-state index contributed by atoms with van der Waals surface area (Å²) in [6.07, 6.45) is 1.91. The van der Waals surface area contributed by atoms with Gasteiger partial charge in [-0.2, -0.15) is 0 Å². The molecule has 21 heavy (non-hydrogen) atoms. The normalized spacial score (nSPS) is 12.0. The number of carbonyl (C=O) groups is 2. The molecule has 3 N–H and O–H groups in total. The van der Waals surface area contributed by atoms with E-state index in [4.69, 9.17) is 10.5 Å². The lowest BCUT2D eigenvalue weighted by molar-refractivity contribution is -0.124. The van der Waals surface area contributed by atoms with Crippen LogP contribution in [0.4, 0.5) is 0 Å². The SMILES string of the molecule is CCCCNC(=O)C(C)n1nnc(C(=O)OCC)c1CN. The molecule has 0 saturated carbocycles. The first-order valence-corrected chi connectivity index (χ1v) is 7.15. The number of hydrogen-bond donors (Lipinski definition) is 2. The van der Waals surface area contributed by atoms with Crippen molar-refractivity contribution in [3.63, 3.8) is 0 Å². The van der Waals surface area contributed by atoms with Gasteiger partial charge in [0.2, 0.25) is 5.91 Å². The van der Waals surface area contributed by atoms with Crippen LogP contribution in [-0.4, -0.2) is 40.0 Å². The number of nitrogens with one attached hydrogen (secondary N) is 1. The molecule has 1 aromatic rings. The topological polar surface area (TPSA) is 112 Å². The standard InChI is InChI=1S/C13H23N5O3/c1-4-6-7-15-12(19)9(3)18-10(8-14)11(16-17-18)13(20)21-5-2/h9H,4-8,14H2,1-3H3,(H,15,19). The molecular formula is C13H23N5O3. The maximum absolute atomic E-state index is 12.0. The van der Waals surface area contributed by atoms with Gasteiger partial charge < -0.3 is 15.8 Å². The van der Waals surface area contributed by atoms with E-state index in [1.807, 2.05) is 6.92 Å². The summed E-state index contributed by atoms with van der Waals surface area (Å²) in [5, 5.41) is 10.5. The van der Waals surface area contributed by atoms with Crippen LogP contribution < -0.4 is 11.1 Å². The van der Waals surface area contributed by atoms with Crippen molar-refractivity contribution >= 4 is 11.9 Å². The first kappa shape index (κ1) is 17.1. The van der Waals surface area contributed by atoms with Gasteiger partial charge in [-0.1, -0.05) is 18.6 Å². The van der Waals surface area contributed by atoms with Crippen LogP contribution in [0.2, 0.25) is 0 Å². The van der Waals surface area contributed by atoms with Crippen molar-refractivity contribution in [2.45, 2.75) is 46.2 Å². The second-order valence-electron chi connectivity index (χ2n) is 4.57. The van der Waals surface area contributed by atoms with E-state index < -0.39 is 12.0 Å². The number of ether oxygens (including phenoxy) is 1. The lowest BCUT2D eigenvalue weighted by atomic mass is 10.2. The average molecular weight is 297 g/mol. The van der Waals surface area contributed by atoms with Crippen LogP contribution in [0.3, 0.4) is 0 Å². The summed E-state index contributed by atoms with van der Waals surface area (Å²) < 4.78 is 6.26. The molecule has 0 spiro atoms. The lowest BCUT2D eigenvalue weighted by Gasteiger charge is -2.14. The Labute approximate surface area is 124 Å². The number of unbranched alkanes of at least 4 members (excludes halogenated alkanes) is 1. The minimum Gasteiger partial charge on any atom is -0.461 e. The van der Waals surface area contributed by atoms with Crippen LogP contribution in [-0.2, 0) is 16.1 Å². The summed E-state index contributed by atoms with van der Waals surface area (Å²) in [7, 11) is 0. The summed E-state index contributed by atoms with van der Waals surface area (Å²) in [5.74, 6) is -0.763. The monoisotopic (exact) mass is 297 g/mol. The highest BCUT2D eigenvalue weighted by molar-refractivity contribution is 5.88. The molecule has 1 aromatic heterocycles. The third-order valence-electron chi connectivity index (χ3n) is 3.03. The number of amides is 1. The Hall–Kier alpha value is -1.96. The summed E-state index contributed by atoms with van der Waals surface area (Å²) in [5.41, 5.74) is 6.11. The Bertz CT molecular complexity index is 486. The quantitative estimate of drug-likeness (QED) is 0.530. The van der Waals surface area contributed by atoms with E-state index >= 15 is 0 Å². The highest BCUT2D eigenvalue weighted by Gasteiger charge is 2.25. The maximum Gasteiger partial charge on any atom is 0.360 e. The number of rotatable bonds is 8. The van der Waals surface area contributed by atoms with Gasteiger partial charge in [0, 0.05) is 13.1 Å². The Balaban J connectivity index is 2.87. The van der Waals surface area contributed by atoms with E-state index in [1.165, 1.54) is 4.68 Å². The first-order chi connectivity index (χ1) is 10.1. The first-order valence-electron chi connectivity index (χ1n) is 7.15. The average Bonchev–Trinajstić information content (AvgIpc) is 2.90. The molecule has 0 bridgehead atoms. The molecule has 1 rings (SSSR count). The van der Waals surface area contributed by atoms with Crippen LogP contribution in [0.25, 0.3) is 0 Å². The summed E-state index contributed by atoms with van der Waals surface area (Å²) >= 11 is 0. The van der Waals surface area contributed by atoms with Gasteiger partial charge in [-0.05, 0) is 20.3 Å². The van der Waals surface area contributed by atoms with Gasteiger partial charge in [0.05, 0.1) is 12.3 Å². The molecule has 0 aliphatic rings. The summed E-state index contributed by atoms with van der Waals surface area (Å²) in [4.78, 5) is 23.8. The summed E-state index contributed by atoms with van der Waals surface area (Å²) in [6, 6.07) is -0.587. The zero-order valence-corrected chi connectivity index (χ0v) is 12.8. The number of nitrogens with two attached hydrogens (primary N) is 1. The van der Waals surface area contributed by atoms with Crippen molar-refractivity contribution in [2.75, 3.05) is 13.2 Å². The molecule has 0 fully saturated rings. The Morgan fingerprint density at radius 2 is 2.14 bits per heavy atom. The lowest BCUT2D eigenvalue weighted by Crippen LogP contribution is -2.33. The number of nitrogens with zero attached hydrogens (tertiary/aromatic N) is 3. The predicted octanol–water partition coefficient (Wildman–Crippen LogP) is 0.391. The molecule has 8 nitrogen and oxygen atoms in total. The van der Waals surface area contributed by atoms with Gasteiger partial charge in [-0.25, -0.2) is 9.48 Å². The van der Waals surface area contributed by atoms with Gasteiger partial charge >= 0.3 is 5.97 Å². The summed E-state index contributed by atoms with van der Waals surface area (Å²) in [6.45, 7) is 6.33. The number of carbonyl (C=O) groups excluding carboxylic acids is 2. The van der Waals surface area contributed by atoms with Crippen molar-refractivity contribution in [1.82, 2.24) is 20.3 Å².